The van der Waals surface area contributed by atoms with Crippen molar-refractivity contribution in [3.63, 3.8) is 0 Å². The summed E-state index contributed by atoms with van der Waals surface area (Å²) < 4.78 is 1.27. The van der Waals surface area contributed by atoms with Crippen molar-refractivity contribution >= 4 is 19.4 Å². The van der Waals surface area contributed by atoms with Gasteiger partial charge >= 0.3 is 121 Å². The summed E-state index contributed by atoms with van der Waals surface area (Å²) in [6, 6.07) is 10.3. The summed E-state index contributed by atoms with van der Waals surface area (Å²) in [5.41, 5.74) is 0.130. The minimum atomic E-state index is -0.984. The minimum absolute atomic E-state index is 0.132. The van der Waals surface area contributed by atoms with Crippen LogP contribution in [0.4, 0.5) is 0 Å². The van der Waals surface area contributed by atoms with Gasteiger partial charge in [-0.05, 0) is 0 Å². The Hall–Kier alpha value is -0.601. The second-order valence-corrected chi connectivity index (χ2v) is 8.35. The van der Waals surface area contributed by atoms with Crippen molar-refractivity contribution in [3.8, 4) is 0 Å². The summed E-state index contributed by atoms with van der Waals surface area (Å²) in [6.45, 7) is 7.81. The number of hydrogen-bond acceptors (Lipinski definition) is 2. The van der Waals surface area contributed by atoms with E-state index in [2.05, 4.69) is 18.7 Å². The molecule has 1 aromatic carbocycles. The van der Waals surface area contributed by atoms with Crippen molar-refractivity contribution in [3.05, 3.63) is 42.5 Å². The Morgan fingerprint density at radius 2 is 1.95 bits per heavy atom. The molecule has 0 saturated heterocycles. The third kappa shape index (κ3) is 3.29. The fourth-order valence-electron chi connectivity index (χ4n) is 2.55. The van der Waals surface area contributed by atoms with Crippen LogP contribution in [0.3, 0.4) is 0 Å². The van der Waals surface area contributed by atoms with Crippen LogP contribution in [0, 0.1) is 5.92 Å². The predicted octanol–water partition coefficient (Wildman–Crippen LogP) is 1.90. The van der Waals surface area contributed by atoms with Crippen molar-refractivity contribution in [2.45, 2.75) is 43.2 Å². The topological polar surface area (TPSA) is 40.5 Å². The molecule has 0 amide bonds. The molecule has 0 radical (unpaired) electrons. The summed E-state index contributed by atoms with van der Waals surface area (Å²) in [7, 11) is 0. The maximum atomic E-state index is 10.6. The molecule has 19 heavy (non-hydrogen) atoms. The van der Waals surface area contributed by atoms with Crippen LogP contribution in [0.1, 0.15) is 26.7 Å². The molecule has 2 nitrogen and oxygen atoms in total. The molecule has 1 aliphatic carbocycles. The van der Waals surface area contributed by atoms with E-state index in [9.17, 15) is 10.2 Å². The van der Waals surface area contributed by atoms with Gasteiger partial charge in [0.1, 0.15) is 0 Å². The van der Waals surface area contributed by atoms with Gasteiger partial charge in [-0.25, -0.2) is 0 Å². The Labute approximate surface area is 121 Å². The molecule has 3 heteroatoms. The molecule has 0 heterocycles. The van der Waals surface area contributed by atoms with E-state index in [1.807, 2.05) is 25.1 Å². The third-order valence-corrected chi connectivity index (χ3v) is 7.20. The molecule has 4 atom stereocenters. The number of rotatable bonds is 3. The van der Waals surface area contributed by atoms with E-state index in [1.54, 1.807) is 6.92 Å². The van der Waals surface area contributed by atoms with Gasteiger partial charge in [-0.3, -0.25) is 0 Å². The number of benzene rings is 1. The van der Waals surface area contributed by atoms with Gasteiger partial charge in [0.05, 0.1) is 0 Å². The van der Waals surface area contributed by atoms with Crippen molar-refractivity contribution in [1.29, 1.82) is 0 Å². The normalized spacial score (nSPS) is 35.1. The van der Waals surface area contributed by atoms with Gasteiger partial charge < -0.3 is 0 Å². The van der Waals surface area contributed by atoms with Gasteiger partial charge in [0, 0.05) is 0 Å². The first kappa shape index (κ1) is 14.8. The third-order valence-electron chi connectivity index (χ3n) is 4.05. The molecular weight excluding hydrogens is 303 g/mol. The van der Waals surface area contributed by atoms with E-state index in [0.29, 0.717) is 12.3 Å². The van der Waals surface area contributed by atoms with Crippen LogP contribution in [-0.2, 0) is 0 Å². The number of hydrogen-bond donors (Lipinski definition) is 2. The van der Waals surface area contributed by atoms with Gasteiger partial charge in [-0.15, -0.1) is 0 Å². The first-order valence-corrected chi connectivity index (χ1v) is 8.53. The van der Waals surface area contributed by atoms with E-state index < -0.39 is 11.7 Å². The SMILES string of the molecule is C=C(C)[C@H]1C[C@H]([Se]c2ccccc2)[C@@](C)(O)[C@@H](O)C1. The van der Waals surface area contributed by atoms with Crippen LogP contribution in [0.2, 0.25) is 4.82 Å². The van der Waals surface area contributed by atoms with E-state index in [1.165, 1.54) is 4.46 Å². The van der Waals surface area contributed by atoms with Crippen LogP contribution in [-0.4, -0.2) is 36.9 Å². The molecule has 2 N–H and O–H groups in total. The van der Waals surface area contributed by atoms with Gasteiger partial charge in [-0.2, -0.15) is 0 Å². The molecular formula is C16H22O2Se. The number of aliphatic hydroxyl groups is 2. The van der Waals surface area contributed by atoms with Crippen LogP contribution in [0.25, 0.3) is 0 Å². The second-order valence-electron chi connectivity index (χ2n) is 5.68. The second kappa shape index (κ2) is 5.80. The van der Waals surface area contributed by atoms with E-state index in [-0.39, 0.29) is 19.8 Å². The van der Waals surface area contributed by atoms with Gasteiger partial charge in [-0.1, -0.05) is 0 Å². The average molecular weight is 325 g/mol. The fourth-order valence-corrected chi connectivity index (χ4v) is 5.42. The summed E-state index contributed by atoms with van der Waals surface area (Å²) in [5.74, 6) is 0.325. The summed E-state index contributed by atoms with van der Waals surface area (Å²) in [4.78, 5) is 0.132. The zero-order valence-electron chi connectivity index (χ0n) is 11.5. The Morgan fingerprint density at radius 1 is 1.32 bits per heavy atom. The monoisotopic (exact) mass is 326 g/mol. The molecule has 0 unspecified atom stereocenters. The average Bonchev–Trinajstić information content (AvgIpc) is 2.36. The molecule has 0 aromatic heterocycles. The van der Waals surface area contributed by atoms with Crippen molar-refractivity contribution in [1.82, 2.24) is 0 Å². The fraction of sp³-hybridized carbons (Fsp3) is 0.500. The molecule has 104 valence electrons. The standard InChI is InChI=1S/C16H22O2Se/c1-11(2)12-9-14(17)16(3,18)15(10-12)19-13-7-5-4-6-8-13/h4-8,12,14-15,17-18H,1,9-10H2,2-3H3/t12-,14+,15+,16+/m1/s1. The van der Waals surface area contributed by atoms with Gasteiger partial charge in [0.2, 0.25) is 0 Å². The predicted molar refractivity (Wildman–Crippen MR) is 79.7 cm³/mol. The Bertz CT molecular complexity index is 441. The molecule has 2 rings (SSSR count). The molecule has 0 aliphatic heterocycles. The van der Waals surface area contributed by atoms with Crippen molar-refractivity contribution in [2.24, 2.45) is 5.92 Å². The van der Waals surface area contributed by atoms with E-state index >= 15 is 0 Å². The maximum absolute atomic E-state index is 10.6. The summed E-state index contributed by atoms with van der Waals surface area (Å²) >= 11 is 0.167. The molecule has 1 fully saturated rings. The Morgan fingerprint density at radius 3 is 2.53 bits per heavy atom. The molecule has 0 bridgehead atoms. The number of aliphatic hydroxyl groups excluding tert-OH is 1. The molecule has 0 spiro atoms. The zero-order chi connectivity index (χ0) is 14.0. The van der Waals surface area contributed by atoms with Crippen molar-refractivity contribution < 1.29 is 10.2 Å². The summed E-state index contributed by atoms with van der Waals surface area (Å²) in [5, 5.41) is 20.8. The van der Waals surface area contributed by atoms with Crippen LogP contribution in [0.15, 0.2) is 42.5 Å². The first-order valence-electron chi connectivity index (χ1n) is 6.68. The molecule has 1 saturated carbocycles. The van der Waals surface area contributed by atoms with Gasteiger partial charge in [0.25, 0.3) is 0 Å². The number of allylic oxidation sites excluding steroid dienone is 1. The zero-order valence-corrected chi connectivity index (χ0v) is 13.3. The Balaban J connectivity index is 2.17. The summed E-state index contributed by atoms with van der Waals surface area (Å²) in [6.07, 6.45) is 0.899. The van der Waals surface area contributed by atoms with Crippen LogP contribution < -0.4 is 4.46 Å². The van der Waals surface area contributed by atoms with Crippen LogP contribution >= 0.6 is 0 Å². The molecule has 1 aromatic rings. The van der Waals surface area contributed by atoms with Crippen LogP contribution in [0.5, 0.6) is 0 Å². The quantitative estimate of drug-likeness (QED) is 0.658. The van der Waals surface area contributed by atoms with Crippen molar-refractivity contribution in [2.75, 3.05) is 0 Å². The first-order chi connectivity index (χ1) is 8.91. The van der Waals surface area contributed by atoms with Gasteiger partial charge in [0.15, 0.2) is 0 Å². The van der Waals surface area contributed by atoms with E-state index in [0.717, 1.165) is 12.0 Å². The molecule has 1 aliphatic rings. The van der Waals surface area contributed by atoms with E-state index in [4.69, 9.17) is 0 Å². The Kier molecular flexibility index (Phi) is 4.52.